The molecule has 1 saturated carbocycles. The molecule has 1 aliphatic carbocycles. The smallest absolute Gasteiger partial charge is 0.313 e. The van der Waals surface area contributed by atoms with Gasteiger partial charge in [-0.3, -0.25) is 4.79 Å². The van der Waals surface area contributed by atoms with Gasteiger partial charge in [0, 0.05) is 26.5 Å². The quantitative estimate of drug-likeness (QED) is 0.439. The molecule has 0 saturated heterocycles. The molecule has 0 spiro atoms. The van der Waals surface area contributed by atoms with Crippen molar-refractivity contribution >= 4 is 29.5 Å². The minimum Gasteiger partial charge on any atom is -0.507 e. The van der Waals surface area contributed by atoms with Crippen LogP contribution in [0.2, 0.25) is 0 Å². The molecule has 2 atom stereocenters. The second-order valence-electron chi connectivity index (χ2n) is 7.43. The van der Waals surface area contributed by atoms with E-state index in [1.807, 2.05) is 72.4 Å². The van der Waals surface area contributed by atoms with Crippen LogP contribution >= 0.6 is 23.5 Å². The Hall–Kier alpha value is -2.37. The van der Waals surface area contributed by atoms with E-state index in [0.29, 0.717) is 16.2 Å². The maximum Gasteiger partial charge on any atom is 0.313 e. The molecular weight excluding hydrogens is 412 g/mol. The Morgan fingerprint density at radius 2 is 1.40 bits per heavy atom. The van der Waals surface area contributed by atoms with Gasteiger partial charge in [0.1, 0.15) is 5.75 Å². The number of aliphatic carboxylic acids is 1. The van der Waals surface area contributed by atoms with Crippen LogP contribution in [0.3, 0.4) is 0 Å². The predicted octanol–water partition coefficient (Wildman–Crippen LogP) is 6.56. The second kappa shape index (κ2) is 9.63. The Kier molecular flexibility index (Phi) is 6.70. The van der Waals surface area contributed by atoms with Gasteiger partial charge in [-0.05, 0) is 36.1 Å². The molecule has 0 radical (unpaired) electrons. The molecule has 0 amide bonds. The molecule has 30 heavy (non-hydrogen) atoms. The van der Waals surface area contributed by atoms with Crippen molar-refractivity contribution in [2.75, 3.05) is 5.75 Å². The molecule has 2 unspecified atom stereocenters. The van der Waals surface area contributed by atoms with Crippen LogP contribution in [-0.4, -0.2) is 32.4 Å². The molecule has 0 aromatic heterocycles. The first kappa shape index (κ1) is 20.9. The lowest BCUT2D eigenvalue weighted by molar-refractivity contribution is -0.133. The third-order valence-electron chi connectivity index (χ3n) is 5.35. The number of phenolic OH excluding ortho intramolecular Hbond substituents is 1. The third-order valence-corrected chi connectivity index (χ3v) is 8.31. The normalized spacial score (nSPS) is 18.4. The fourth-order valence-electron chi connectivity index (χ4n) is 3.92. The van der Waals surface area contributed by atoms with Gasteiger partial charge < -0.3 is 10.2 Å². The maximum absolute atomic E-state index is 11.1. The largest absolute Gasteiger partial charge is 0.507 e. The summed E-state index contributed by atoms with van der Waals surface area (Å²) >= 11 is 3.37. The van der Waals surface area contributed by atoms with Crippen LogP contribution in [0.5, 0.6) is 5.75 Å². The topological polar surface area (TPSA) is 57.5 Å². The number of phenols is 1. The Bertz CT molecular complexity index is 945. The molecule has 0 aliphatic heterocycles. The zero-order chi connectivity index (χ0) is 20.9. The highest BCUT2D eigenvalue weighted by atomic mass is 32.2. The predicted molar refractivity (Wildman–Crippen MR) is 126 cm³/mol. The van der Waals surface area contributed by atoms with E-state index >= 15 is 0 Å². The Labute approximate surface area is 185 Å². The van der Waals surface area contributed by atoms with Crippen LogP contribution in [0.4, 0.5) is 0 Å². The number of hydrogen-bond donors (Lipinski definition) is 2. The van der Waals surface area contributed by atoms with Crippen LogP contribution < -0.4 is 0 Å². The number of aromatic hydroxyl groups is 1. The van der Waals surface area contributed by atoms with E-state index in [1.165, 1.54) is 0 Å². The van der Waals surface area contributed by atoms with Crippen LogP contribution in [0, 0.1) is 0 Å². The standard InChI is InChI=1S/C25H24O3S2/c26-24(27)16-29-22-12-7-13-23(22)30-19-14-20(17-8-3-1-4-9-17)25(28)21(15-19)18-10-5-2-6-11-18/h1-6,8-11,14-15,22-23,28H,7,12-13,16H2,(H,26,27). The minimum absolute atomic E-state index is 0.155. The van der Waals surface area contributed by atoms with Crippen molar-refractivity contribution in [2.45, 2.75) is 34.7 Å². The van der Waals surface area contributed by atoms with Crippen LogP contribution in [0.1, 0.15) is 19.3 Å². The molecule has 4 rings (SSSR count). The van der Waals surface area contributed by atoms with E-state index in [2.05, 4.69) is 12.1 Å². The van der Waals surface area contributed by atoms with Gasteiger partial charge in [0.15, 0.2) is 0 Å². The summed E-state index contributed by atoms with van der Waals surface area (Å²) in [5.74, 6) is -0.306. The number of thioether (sulfide) groups is 2. The number of benzene rings is 3. The highest BCUT2D eigenvalue weighted by molar-refractivity contribution is 8.04. The van der Waals surface area contributed by atoms with Gasteiger partial charge in [0.05, 0.1) is 5.75 Å². The molecule has 1 aliphatic rings. The van der Waals surface area contributed by atoms with Gasteiger partial charge in [-0.25, -0.2) is 0 Å². The average Bonchev–Trinajstić information content (AvgIpc) is 3.21. The Balaban J connectivity index is 1.70. The van der Waals surface area contributed by atoms with E-state index in [0.717, 1.165) is 46.4 Å². The highest BCUT2D eigenvalue weighted by Gasteiger charge is 2.29. The summed E-state index contributed by atoms with van der Waals surface area (Å²) < 4.78 is 0. The average molecular weight is 437 g/mol. The molecule has 3 nitrogen and oxygen atoms in total. The first-order chi connectivity index (χ1) is 14.6. The summed E-state index contributed by atoms with van der Waals surface area (Å²) in [6, 6.07) is 24.0. The van der Waals surface area contributed by atoms with Crippen molar-refractivity contribution < 1.29 is 15.0 Å². The first-order valence-corrected chi connectivity index (χ1v) is 12.0. The summed E-state index contributed by atoms with van der Waals surface area (Å²) in [6.07, 6.45) is 3.28. The van der Waals surface area contributed by atoms with Crippen molar-refractivity contribution in [3.05, 3.63) is 72.8 Å². The van der Waals surface area contributed by atoms with Gasteiger partial charge in [0.2, 0.25) is 0 Å². The molecule has 0 bridgehead atoms. The first-order valence-electron chi connectivity index (χ1n) is 10.1. The van der Waals surface area contributed by atoms with E-state index < -0.39 is 5.97 Å². The zero-order valence-electron chi connectivity index (χ0n) is 16.5. The third kappa shape index (κ3) is 4.85. The number of rotatable bonds is 7. The van der Waals surface area contributed by atoms with E-state index in [1.54, 1.807) is 11.8 Å². The van der Waals surface area contributed by atoms with Gasteiger partial charge in [-0.2, -0.15) is 0 Å². The lowest BCUT2D eigenvalue weighted by Crippen LogP contribution is -2.15. The number of carboxylic acid groups (broad SMARTS) is 1. The summed E-state index contributed by atoms with van der Waals surface area (Å²) in [5.41, 5.74) is 3.62. The molecule has 154 valence electrons. The van der Waals surface area contributed by atoms with Crippen LogP contribution in [0.25, 0.3) is 22.3 Å². The van der Waals surface area contributed by atoms with Crippen molar-refractivity contribution in [1.29, 1.82) is 0 Å². The van der Waals surface area contributed by atoms with Gasteiger partial charge in [-0.1, -0.05) is 67.1 Å². The van der Waals surface area contributed by atoms with Crippen LogP contribution in [-0.2, 0) is 4.79 Å². The lowest BCUT2D eigenvalue weighted by atomic mass is 9.97. The van der Waals surface area contributed by atoms with Crippen molar-refractivity contribution in [2.24, 2.45) is 0 Å². The molecule has 2 N–H and O–H groups in total. The Morgan fingerprint density at radius 1 is 0.867 bits per heavy atom. The number of hydrogen-bond acceptors (Lipinski definition) is 4. The number of carboxylic acids is 1. The lowest BCUT2D eigenvalue weighted by Gasteiger charge is -2.20. The van der Waals surface area contributed by atoms with Gasteiger partial charge >= 0.3 is 5.97 Å². The SMILES string of the molecule is O=C(O)CSC1CCCC1Sc1cc(-c2ccccc2)c(O)c(-c2ccccc2)c1. The zero-order valence-corrected chi connectivity index (χ0v) is 18.2. The summed E-state index contributed by atoms with van der Waals surface area (Å²) in [5, 5.41) is 20.9. The summed E-state index contributed by atoms with van der Waals surface area (Å²) in [7, 11) is 0. The summed E-state index contributed by atoms with van der Waals surface area (Å²) in [6.45, 7) is 0. The fraction of sp³-hybridized carbons (Fsp3) is 0.240. The molecule has 3 aromatic carbocycles. The van der Waals surface area contributed by atoms with Crippen molar-refractivity contribution in [3.63, 3.8) is 0 Å². The molecule has 3 aromatic rings. The van der Waals surface area contributed by atoms with Crippen molar-refractivity contribution in [3.8, 4) is 28.0 Å². The van der Waals surface area contributed by atoms with Gasteiger partial charge in [0.25, 0.3) is 0 Å². The minimum atomic E-state index is -0.752. The van der Waals surface area contributed by atoms with E-state index in [9.17, 15) is 9.90 Å². The fourth-order valence-corrected chi connectivity index (χ4v) is 6.66. The highest BCUT2D eigenvalue weighted by Crippen LogP contribution is 2.46. The molecule has 0 heterocycles. The van der Waals surface area contributed by atoms with Crippen molar-refractivity contribution in [1.82, 2.24) is 0 Å². The number of carbonyl (C=O) groups is 1. The van der Waals surface area contributed by atoms with Crippen LogP contribution in [0.15, 0.2) is 77.7 Å². The molecular formula is C25H24O3S2. The molecule has 5 heteroatoms. The van der Waals surface area contributed by atoms with Gasteiger partial charge in [-0.15, -0.1) is 23.5 Å². The molecule has 1 fully saturated rings. The Morgan fingerprint density at radius 3 is 1.93 bits per heavy atom. The monoisotopic (exact) mass is 436 g/mol. The van der Waals surface area contributed by atoms with E-state index in [-0.39, 0.29) is 5.75 Å². The van der Waals surface area contributed by atoms with E-state index in [4.69, 9.17) is 5.11 Å². The summed E-state index contributed by atoms with van der Waals surface area (Å²) in [4.78, 5) is 12.1. The second-order valence-corrected chi connectivity index (χ2v) is 9.97. The maximum atomic E-state index is 11.1.